The van der Waals surface area contributed by atoms with Crippen molar-refractivity contribution in [3.8, 4) is 0 Å². The Morgan fingerprint density at radius 3 is 2.81 bits per heavy atom. The molecule has 0 aliphatic carbocycles. The fraction of sp³-hybridized carbons (Fsp3) is 0.583. The van der Waals surface area contributed by atoms with Gasteiger partial charge in [-0.1, -0.05) is 0 Å². The number of nitrogens with two attached hydrogens (primary N) is 1. The zero-order valence-corrected chi connectivity index (χ0v) is 10.1. The van der Waals surface area contributed by atoms with Crippen LogP contribution in [-0.2, 0) is 11.2 Å². The molecule has 0 spiro atoms. The third-order valence-electron chi connectivity index (χ3n) is 2.65. The molecule has 4 heteroatoms. The largest absolute Gasteiger partial charge is 0.469 e. The second-order valence-electron chi connectivity index (χ2n) is 4.81. The monoisotopic (exact) mass is 224 g/mol. The van der Waals surface area contributed by atoms with Crippen LogP contribution in [0.15, 0.2) is 22.8 Å². The fourth-order valence-electron chi connectivity index (χ4n) is 1.32. The summed E-state index contributed by atoms with van der Waals surface area (Å²) >= 11 is 0. The highest BCUT2D eigenvalue weighted by Crippen LogP contribution is 2.13. The van der Waals surface area contributed by atoms with Crippen molar-refractivity contribution in [2.75, 3.05) is 6.54 Å². The summed E-state index contributed by atoms with van der Waals surface area (Å²) in [4.78, 5) is 11.1. The summed E-state index contributed by atoms with van der Waals surface area (Å²) in [6, 6.07) is 4.07. The van der Waals surface area contributed by atoms with Gasteiger partial charge in [0, 0.05) is 19.0 Å². The van der Waals surface area contributed by atoms with E-state index in [2.05, 4.69) is 12.2 Å². The van der Waals surface area contributed by atoms with Gasteiger partial charge in [-0.25, -0.2) is 0 Å². The SMILES string of the molecule is CC(Cc1ccco1)NCC(C)(C)C(N)=O. The molecule has 0 aromatic carbocycles. The molecular formula is C12H20N2O2. The average molecular weight is 224 g/mol. The first-order chi connectivity index (χ1) is 7.42. The van der Waals surface area contributed by atoms with Crippen LogP contribution in [0.4, 0.5) is 0 Å². The lowest BCUT2D eigenvalue weighted by Crippen LogP contribution is -2.43. The van der Waals surface area contributed by atoms with Gasteiger partial charge in [0.05, 0.1) is 11.7 Å². The van der Waals surface area contributed by atoms with Crippen LogP contribution < -0.4 is 11.1 Å². The van der Waals surface area contributed by atoms with E-state index >= 15 is 0 Å². The van der Waals surface area contributed by atoms with E-state index in [9.17, 15) is 4.79 Å². The number of rotatable bonds is 6. The van der Waals surface area contributed by atoms with Crippen LogP contribution in [0.1, 0.15) is 26.5 Å². The Morgan fingerprint density at radius 1 is 1.62 bits per heavy atom. The molecule has 1 unspecified atom stereocenters. The van der Waals surface area contributed by atoms with Crippen LogP contribution in [0.25, 0.3) is 0 Å². The number of hydrogen-bond acceptors (Lipinski definition) is 3. The minimum absolute atomic E-state index is 0.254. The Kier molecular flexibility index (Phi) is 4.12. The van der Waals surface area contributed by atoms with Gasteiger partial charge in [-0.05, 0) is 32.9 Å². The highest BCUT2D eigenvalue weighted by Gasteiger charge is 2.25. The maximum Gasteiger partial charge on any atom is 0.224 e. The minimum Gasteiger partial charge on any atom is -0.469 e. The summed E-state index contributed by atoms with van der Waals surface area (Å²) in [5.74, 6) is 0.655. The van der Waals surface area contributed by atoms with Gasteiger partial charge in [-0.3, -0.25) is 4.79 Å². The zero-order valence-electron chi connectivity index (χ0n) is 10.1. The van der Waals surface area contributed by atoms with Crippen LogP contribution in [0, 0.1) is 5.41 Å². The number of nitrogens with one attached hydrogen (secondary N) is 1. The number of amides is 1. The number of carbonyl (C=O) groups excluding carboxylic acids is 1. The predicted octanol–water partition coefficient (Wildman–Crippen LogP) is 1.31. The van der Waals surface area contributed by atoms with Crippen LogP contribution in [-0.4, -0.2) is 18.5 Å². The summed E-state index contributed by atoms with van der Waals surface area (Å²) in [5, 5.41) is 3.28. The first-order valence-corrected chi connectivity index (χ1v) is 5.47. The molecular weight excluding hydrogens is 204 g/mol. The van der Waals surface area contributed by atoms with Crippen molar-refractivity contribution >= 4 is 5.91 Å². The van der Waals surface area contributed by atoms with Crippen molar-refractivity contribution in [3.05, 3.63) is 24.2 Å². The third-order valence-corrected chi connectivity index (χ3v) is 2.65. The maximum absolute atomic E-state index is 11.1. The van der Waals surface area contributed by atoms with E-state index in [4.69, 9.17) is 10.2 Å². The standard InChI is InChI=1S/C12H20N2O2/c1-9(7-10-5-4-6-16-10)14-8-12(2,3)11(13)15/h4-6,9,14H,7-8H2,1-3H3,(H2,13,15). The van der Waals surface area contributed by atoms with Crippen molar-refractivity contribution < 1.29 is 9.21 Å². The highest BCUT2D eigenvalue weighted by molar-refractivity contribution is 5.80. The Morgan fingerprint density at radius 2 is 2.31 bits per heavy atom. The molecule has 1 amide bonds. The summed E-state index contributed by atoms with van der Waals surface area (Å²) in [5.41, 5.74) is 4.78. The number of carbonyl (C=O) groups is 1. The molecule has 0 aliphatic rings. The first-order valence-electron chi connectivity index (χ1n) is 5.47. The molecule has 0 saturated carbocycles. The molecule has 1 aromatic heterocycles. The molecule has 3 N–H and O–H groups in total. The van der Waals surface area contributed by atoms with E-state index in [1.807, 2.05) is 26.0 Å². The van der Waals surface area contributed by atoms with E-state index in [1.54, 1.807) is 6.26 Å². The second kappa shape index (κ2) is 5.16. The van der Waals surface area contributed by atoms with Crippen molar-refractivity contribution in [1.82, 2.24) is 5.32 Å². The zero-order chi connectivity index (χ0) is 12.2. The van der Waals surface area contributed by atoms with Crippen molar-refractivity contribution in [2.45, 2.75) is 33.2 Å². The lowest BCUT2D eigenvalue weighted by Gasteiger charge is -2.23. The van der Waals surface area contributed by atoms with Gasteiger partial charge in [0.25, 0.3) is 0 Å². The second-order valence-corrected chi connectivity index (χ2v) is 4.81. The molecule has 4 nitrogen and oxygen atoms in total. The molecule has 0 fully saturated rings. The summed E-state index contributed by atoms with van der Waals surface area (Å²) in [6.45, 7) is 6.30. The molecule has 90 valence electrons. The van der Waals surface area contributed by atoms with Crippen molar-refractivity contribution in [1.29, 1.82) is 0 Å². The number of furan rings is 1. The molecule has 1 atom stereocenters. The lowest BCUT2D eigenvalue weighted by atomic mass is 9.92. The predicted molar refractivity (Wildman–Crippen MR) is 62.9 cm³/mol. The van der Waals surface area contributed by atoms with Gasteiger partial charge in [0.15, 0.2) is 0 Å². The van der Waals surface area contributed by atoms with E-state index in [1.165, 1.54) is 0 Å². The third kappa shape index (κ3) is 3.70. The molecule has 0 bridgehead atoms. The smallest absolute Gasteiger partial charge is 0.224 e. The number of hydrogen-bond donors (Lipinski definition) is 2. The van der Waals surface area contributed by atoms with E-state index in [-0.39, 0.29) is 11.9 Å². The van der Waals surface area contributed by atoms with Crippen LogP contribution in [0.2, 0.25) is 0 Å². The average Bonchev–Trinajstić information content (AvgIpc) is 2.67. The van der Waals surface area contributed by atoms with E-state index in [0.29, 0.717) is 6.54 Å². The van der Waals surface area contributed by atoms with Gasteiger partial charge >= 0.3 is 0 Å². The molecule has 1 heterocycles. The van der Waals surface area contributed by atoms with Gasteiger partial charge in [-0.2, -0.15) is 0 Å². The van der Waals surface area contributed by atoms with Crippen molar-refractivity contribution in [2.24, 2.45) is 11.1 Å². The van der Waals surface area contributed by atoms with Gasteiger partial charge in [-0.15, -0.1) is 0 Å². The Balaban J connectivity index is 2.35. The summed E-state index contributed by atoms with van der Waals surface area (Å²) < 4.78 is 5.25. The molecule has 16 heavy (non-hydrogen) atoms. The van der Waals surface area contributed by atoms with Crippen LogP contribution >= 0.6 is 0 Å². The molecule has 0 radical (unpaired) electrons. The number of primary amides is 1. The molecule has 0 aliphatic heterocycles. The van der Waals surface area contributed by atoms with Gasteiger partial charge in [0.1, 0.15) is 5.76 Å². The fourth-order valence-corrected chi connectivity index (χ4v) is 1.32. The molecule has 1 aromatic rings. The van der Waals surface area contributed by atoms with Gasteiger partial charge < -0.3 is 15.5 Å². The quantitative estimate of drug-likeness (QED) is 0.765. The van der Waals surface area contributed by atoms with Gasteiger partial charge in [0.2, 0.25) is 5.91 Å². The van der Waals surface area contributed by atoms with Crippen molar-refractivity contribution in [3.63, 3.8) is 0 Å². The van der Waals surface area contributed by atoms with E-state index < -0.39 is 5.41 Å². The van der Waals surface area contributed by atoms with Crippen LogP contribution in [0.5, 0.6) is 0 Å². The summed E-state index contributed by atoms with van der Waals surface area (Å²) in [6.07, 6.45) is 2.47. The van der Waals surface area contributed by atoms with E-state index in [0.717, 1.165) is 12.2 Å². The molecule has 1 rings (SSSR count). The Labute approximate surface area is 96.2 Å². The Bertz CT molecular complexity index is 331. The van der Waals surface area contributed by atoms with Crippen LogP contribution in [0.3, 0.4) is 0 Å². The minimum atomic E-state index is -0.516. The highest BCUT2D eigenvalue weighted by atomic mass is 16.3. The maximum atomic E-state index is 11.1. The molecule has 0 saturated heterocycles. The lowest BCUT2D eigenvalue weighted by molar-refractivity contribution is -0.125. The normalized spacial score (nSPS) is 13.7. The first kappa shape index (κ1) is 12.8. The topological polar surface area (TPSA) is 68.3 Å². The summed E-state index contributed by atoms with van der Waals surface area (Å²) in [7, 11) is 0. The Hall–Kier alpha value is -1.29.